The van der Waals surface area contributed by atoms with Crippen molar-refractivity contribution in [2.45, 2.75) is 6.92 Å². The number of rotatable bonds is 4. The van der Waals surface area contributed by atoms with Gasteiger partial charge in [-0.15, -0.1) is 0 Å². The predicted octanol–water partition coefficient (Wildman–Crippen LogP) is 2.22. The number of carbonyl (C=O) groups is 1. The average Bonchev–Trinajstić information content (AvgIpc) is 2.18. The molecular weight excluding hydrogens is 176 g/mol. The second-order valence-electron chi connectivity index (χ2n) is 3.07. The largest absolute Gasteiger partial charge is 0.347 e. The average molecular weight is 190 g/mol. The van der Waals surface area contributed by atoms with Crippen LogP contribution < -0.4 is 10.2 Å². The quantitative estimate of drug-likeness (QED) is 0.738. The molecule has 3 nitrogen and oxygen atoms in total. The van der Waals surface area contributed by atoms with Crippen molar-refractivity contribution in [3.63, 3.8) is 0 Å². The molecule has 14 heavy (non-hydrogen) atoms. The van der Waals surface area contributed by atoms with Gasteiger partial charge in [-0.1, -0.05) is 18.7 Å². The number of amides is 1. The number of hydrogen-bond acceptors (Lipinski definition) is 2. The predicted molar refractivity (Wildman–Crippen MR) is 59.3 cm³/mol. The monoisotopic (exact) mass is 190 g/mol. The third kappa shape index (κ3) is 2.13. The van der Waals surface area contributed by atoms with Crippen LogP contribution in [0.5, 0.6) is 0 Å². The Labute approximate surface area is 84.0 Å². The molecule has 1 amide bonds. The standard InChI is InChI=1S/C11H14N2O/c1-9(2)13(3)11-7-5-4-6-10(11)12-8-14/h4-8H,1H2,2-3H3,(H,12,14). The molecule has 1 N–H and O–H groups in total. The summed E-state index contributed by atoms with van der Waals surface area (Å²) in [5.41, 5.74) is 2.64. The van der Waals surface area contributed by atoms with Crippen LogP contribution in [0.2, 0.25) is 0 Å². The summed E-state index contributed by atoms with van der Waals surface area (Å²) in [6, 6.07) is 7.58. The minimum absolute atomic E-state index is 0.672. The van der Waals surface area contributed by atoms with E-state index in [1.807, 2.05) is 43.1 Å². The summed E-state index contributed by atoms with van der Waals surface area (Å²) >= 11 is 0. The van der Waals surface area contributed by atoms with E-state index in [-0.39, 0.29) is 0 Å². The normalized spacial score (nSPS) is 9.29. The fourth-order valence-electron chi connectivity index (χ4n) is 1.16. The molecule has 0 unspecified atom stereocenters. The van der Waals surface area contributed by atoms with Gasteiger partial charge in [-0.3, -0.25) is 4.79 Å². The second-order valence-corrected chi connectivity index (χ2v) is 3.07. The van der Waals surface area contributed by atoms with E-state index in [0.717, 1.165) is 17.1 Å². The molecule has 0 spiro atoms. The summed E-state index contributed by atoms with van der Waals surface area (Å²) in [4.78, 5) is 12.3. The Balaban J connectivity index is 3.05. The topological polar surface area (TPSA) is 32.3 Å². The zero-order chi connectivity index (χ0) is 10.6. The highest BCUT2D eigenvalue weighted by atomic mass is 16.1. The molecule has 3 heteroatoms. The van der Waals surface area contributed by atoms with Gasteiger partial charge in [0.15, 0.2) is 0 Å². The Hall–Kier alpha value is -1.77. The molecular formula is C11H14N2O. The first-order chi connectivity index (χ1) is 6.66. The lowest BCUT2D eigenvalue weighted by Crippen LogP contribution is -2.15. The van der Waals surface area contributed by atoms with Crippen molar-refractivity contribution < 1.29 is 4.79 Å². The lowest BCUT2D eigenvalue weighted by Gasteiger charge is -2.21. The Morgan fingerprint density at radius 1 is 1.50 bits per heavy atom. The zero-order valence-corrected chi connectivity index (χ0v) is 8.45. The van der Waals surface area contributed by atoms with Crippen LogP contribution in [0.15, 0.2) is 36.5 Å². The molecule has 0 fully saturated rings. The van der Waals surface area contributed by atoms with Crippen LogP contribution in [0.3, 0.4) is 0 Å². The highest BCUT2D eigenvalue weighted by Crippen LogP contribution is 2.25. The zero-order valence-electron chi connectivity index (χ0n) is 8.45. The number of benzene rings is 1. The number of hydrogen-bond donors (Lipinski definition) is 1. The first-order valence-electron chi connectivity index (χ1n) is 4.35. The van der Waals surface area contributed by atoms with E-state index in [1.54, 1.807) is 0 Å². The summed E-state index contributed by atoms with van der Waals surface area (Å²) in [6.45, 7) is 5.76. The van der Waals surface area contributed by atoms with Crippen molar-refractivity contribution in [2.24, 2.45) is 0 Å². The van der Waals surface area contributed by atoms with Gasteiger partial charge in [0.05, 0.1) is 11.4 Å². The molecule has 1 aromatic rings. The second kappa shape index (κ2) is 4.46. The van der Waals surface area contributed by atoms with E-state index in [0.29, 0.717) is 6.41 Å². The third-order valence-corrected chi connectivity index (χ3v) is 2.05. The Bertz CT molecular complexity index is 347. The number of nitrogens with zero attached hydrogens (tertiary/aromatic N) is 1. The van der Waals surface area contributed by atoms with Crippen molar-refractivity contribution in [1.29, 1.82) is 0 Å². The number of anilines is 2. The molecule has 0 radical (unpaired) electrons. The summed E-state index contributed by atoms with van der Waals surface area (Å²) in [5.74, 6) is 0. The Kier molecular flexibility index (Phi) is 3.29. The van der Waals surface area contributed by atoms with E-state index in [1.165, 1.54) is 0 Å². The van der Waals surface area contributed by atoms with Crippen LogP contribution in [0.25, 0.3) is 0 Å². The fraction of sp³-hybridized carbons (Fsp3) is 0.182. The number of carbonyl (C=O) groups excluding carboxylic acids is 1. The Morgan fingerprint density at radius 3 is 2.71 bits per heavy atom. The maximum atomic E-state index is 10.4. The maximum absolute atomic E-state index is 10.4. The first-order valence-corrected chi connectivity index (χ1v) is 4.35. The van der Waals surface area contributed by atoms with Gasteiger partial charge in [0, 0.05) is 12.7 Å². The van der Waals surface area contributed by atoms with Crippen molar-refractivity contribution in [2.75, 3.05) is 17.3 Å². The SMILES string of the molecule is C=C(C)N(C)c1ccccc1NC=O. The van der Waals surface area contributed by atoms with Crippen molar-refractivity contribution in [3.05, 3.63) is 36.5 Å². The lowest BCUT2D eigenvalue weighted by molar-refractivity contribution is -0.105. The molecule has 74 valence electrons. The van der Waals surface area contributed by atoms with Gasteiger partial charge >= 0.3 is 0 Å². The molecule has 0 bridgehead atoms. The van der Waals surface area contributed by atoms with Gasteiger partial charge in [0.25, 0.3) is 0 Å². The molecule has 0 atom stereocenters. The van der Waals surface area contributed by atoms with Gasteiger partial charge in [-0.05, 0) is 19.1 Å². The smallest absolute Gasteiger partial charge is 0.211 e. The summed E-state index contributed by atoms with van der Waals surface area (Å²) in [7, 11) is 1.91. The molecule has 0 aliphatic carbocycles. The highest BCUT2D eigenvalue weighted by Gasteiger charge is 2.05. The molecule has 0 aliphatic rings. The molecule has 0 heterocycles. The van der Waals surface area contributed by atoms with E-state index in [9.17, 15) is 4.79 Å². The van der Waals surface area contributed by atoms with Crippen LogP contribution in [0.4, 0.5) is 11.4 Å². The van der Waals surface area contributed by atoms with Crippen LogP contribution in [-0.4, -0.2) is 13.5 Å². The number of nitrogens with one attached hydrogen (secondary N) is 1. The van der Waals surface area contributed by atoms with Crippen LogP contribution >= 0.6 is 0 Å². The summed E-state index contributed by atoms with van der Waals surface area (Å²) in [5, 5.41) is 2.65. The number of allylic oxidation sites excluding steroid dienone is 1. The highest BCUT2D eigenvalue weighted by molar-refractivity contribution is 5.81. The van der Waals surface area contributed by atoms with Crippen LogP contribution in [0.1, 0.15) is 6.92 Å². The van der Waals surface area contributed by atoms with Gasteiger partial charge < -0.3 is 10.2 Å². The Morgan fingerprint density at radius 2 is 2.14 bits per heavy atom. The lowest BCUT2D eigenvalue weighted by atomic mass is 10.2. The van der Waals surface area contributed by atoms with Gasteiger partial charge in [-0.2, -0.15) is 0 Å². The molecule has 0 saturated heterocycles. The van der Waals surface area contributed by atoms with Crippen molar-refractivity contribution >= 4 is 17.8 Å². The van der Waals surface area contributed by atoms with Gasteiger partial charge in [-0.25, -0.2) is 0 Å². The number of para-hydroxylation sites is 2. The minimum Gasteiger partial charge on any atom is -0.347 e. The fourth-order valence-corrected chi connectivity index (χ4v) is 1.16. The summed E-state index contributed by atoms with van der Waals surface area (Å²) < 4.78 is 0. The van der Waals surface area contributed by atoms with E-state index < -0.39 is 0 Å². The minimum atomic E-state index is 0.672. The van der Waals surface area contributed by atoms with E-state index in [2.05, 4.69) is 11.9 Å². The maximum Gasteiger partial charge on any atom is 0.211 e. The van der Waals surface area contributed by atoms with E-state index >= 15 is 0 Å². The molecule has 0 aromatic heterocycles. The van der Waals surface area contributed by atoms with Gasteiger partial charge in [0.1, 0.15) is 0 Å². The molecule has 0 aliphatic heterocycles. The summed E-state index contributed by atoms with van der Waals surface area (Å²) in [6.07, 6.45) is 0.672. The van der Waals surface area contributed by atoms with Crippen LogP contribution in [-0.2, 0) is 4.79 Å². The third-order valence-electron chi connectivity index (χ3n) is 2.05. The molecule has 1 aromatic carbocycles. The van der Waals surface area contributed by atoms with Crippen LogP contribution in [0, 0.1) is 0 Å². The van der Waals surface area contributed by atoms with Crippen molar-refractivity contribution in [3.8, 4) is 0 Å². The molecule has 0 saturated carbocycles. The van der Waals surface area contributed by atoms with Gasteiger partial charge in [0.2, 0.25) is 6.41 Å². The van der Waals surface area contributed by atoms with Crippen molar-refractivity contribution in [1.82, 2.24) is 0 Å². The van der Waals surface area contributed by atoms with E-state index in [4.69, 9.17) is 0 Å². The first kappa shape index (κ1) is 10.3. The molecule has 1 rings (SSSR count).